The molecule has 96 valence electrons. The van der Waals surface area contributed by atoms with Gasteiger partial charge in [0.15, 0.2) is 0 Å². The molecule has 0 aromatic carbocycles. The van der Waals surface area contributed by atoms with Crippen LogP contribution < -0.4 is 0 Å². The Hall–Kier alpha value is -0.120. The molecule has 1 fully saturated rings. The highest BCUT2D eigenvalue weighted by Crippen LogP contribution is 2.09. The molecule has 0 aromatic rings. The lowest BCUT2D eigenvalue weighted by Crippen LogP contribution is -2.47. The minimum absolute atomic E-state index is 0.716. The third-order valence-electron chi connectivity index (χ3n) is 3.56. The van der Waals surface area contributed by atoms with Gasteiger partial charge >= 0.3 is 0 Å². The topological polar surface area (TPSA) is 15.7 Å². The van der Waals surface area contributed by atoms with Crippen LogP contribution in [0.3, 0.4) is 0 Å². The monoisotopic (exact) mass is 228 g/mol. The van der Waals surface area contributed by atoms with Crippen molar-refractivity contribution in [2.24, 2.45) is 5.92 Å². The highest BCUT2D eigenvalue weighted by atomic mass is 16.5. The first-order chi connectivity index (χ1) is 7.80. The van der Waals surface area contributed by atoms with E-state index < -0.39 is 0 Å². The fraction of sp³-hybridized carbons (Fsp3) is 1.00. The smallest absolute Gasteiger partial charge is 0.0506 e. The van der Waals surface area contributed by atoms with E-state index >= 15 is 0 Å². The zero-order chi connectivity index (χ0) is 11.8. The maximum atomic E-state index is 5.53. The molecule has 1 atom stereocenters. The lowest BCUT2D eigenvalue weighted by Gasteiger charge is -2.35. The zero-order valence-electron chi connectivity index (χ0n) is 11.2. The lowest BCUT2D eigenvalue weighted by molar-refractivity contribution is 0.0693. The second-order valence-corrected chi connectivity index (χ2v) is 4.67. The van der Waals surface area contributed by atoms with Crippen molar-refractivity contribution in [1.29, 1.82) is 0 Å². The van der Waals surface area contributed by atoms with Gasteiger partial charge < -0.3 is 14.5 Å². The van der Waals surface area contributed by atoms with Crippen molar-refractivity contribution in [2.75, 3.05) is 52.5 Å². The molecule has 0 bridgehead atoms. The van der Waals surface area contributed by atoms with E-state index in [0.29, 0.717) is 5.92 Å². The Bertz CT molecular complexity index is 167. The van der Waals surface area contributed by atoms with Crippen molar-refractivity contribution >= 4 is 0 Å². The maximum Gasteiger partial charge on any atom is 0.0506 e. The van der Waals surface area contributed by atoms with E-state index in [-0.39, 0.29) is 0 Å². The Morgan fingerprint density at radius 1 is 1.00 bits per heavy atom. The summed E-state index contributed by atoms with van der Waals surface area (Å²) in [7, 11) is 0. The first kappa shape index (κ1) is 13.9. The van der Waals surface area contributed by atoms with Crippen LogP contribution in [0.25, 0.3) is 0 Å². The molecule has 0 N–H and O–H groups in total. The number of hydrogen-bond acceptors (Lipinski definition) is 3. The summed E-state index contributed by atoms with van der Waals surface area (Å²) in [5.41, 5.74) is 0. The van der Waals surface area contributed by atoms with Crippen LogP contribution in [-0.2, 0) is 4.74 Å². The minimum atomic E-state index is 0.716. The minimum Gasteiger partial charge on any atom is -0.381 e. The van der Waals surface area contributed by atoms with Crippen LogP contribution in [0.1, 0.15) is 27.2 Å². The van der Waals surface area contributed by atoms with Crippen molar-refractivity contribution in [2.45, 2.75) is 27.2 Å². The number of hydrogen-bond donors (Lipinski definition) is 0. The Morgan fingerprint density at radius 3 is 2.12 bits per heavy atom. The summed E-state index contributed by atoms with van der Waals surface area (Å²) in [5.74, 6) is 0.716. The Balaban J connectivity index is 2.20. The van der Waals surface area contributed by atoms with Gasteiger partial charge in [-0.05, 0) is 25.8 Å². The molecule has 1 saturated heterocycles. The first-order valence-corrected chi connectivity index (χ1v) is 6.82. The molecule has 3 nitrogen and oxygen atoms in total. The second-order valence-electron chi connectivity index (χ2n) is 4.67. The average molecular weight is 228 g/mol. The van der Waals surface area contributed by atoms with Gasteiger partial charge in [0.2, 0.25) is 0 Å². The molecule has 0 radical (unpaired) electrons. The average Bonchev–Trinajstić information content (AvgIpc) is 2.35. The summed E-state index contributed by atoms with van der Waals surface area (Å²) in [6.45, 7) is 15.7. The highest BCUT2D eigenvalue weighted by molar-refractivity contribution is 4.73. The normalized spacial score (nSPS) is 21.2. The molecule has 1 heterocycles. The molecule has 16 heavy (non-hydrogen) atoms. The van der Waals surface area contributed by atoms with Gasteiger partial charge in [0, 0.05) is 39.3 Å². The third kappa shape index (κ3) is 4.81. The molecular weight excluding hydrogens is 200 g/mol. The SMILES string of the molecule is CCOCC(CC)CN1CCN(CC)CC1. The van der Waals surface area contributed by atoms with Crippen molar-refractivity contribution in [3.63, 3.8) is 0 Å². The standard InChI is InChI=1S/C13H28N2O/c1-4-13(12-16-6-3)11-15-9-7-14(5-2)8-10-15/h13H,4-12H2,1-3H3. The summed E-state index contributed by atoms with van der Waals surface area (Å²) in [6.07, 6.45) is 1.23. The van der Waals surface area contributed by atoms with Crippen LogP contribution >= 0.6 is 0 Å². The van der Waals surface area contributed by atoms with Gasteiger partial charge in [-0.2, -0.15) is 0 Å². The number of likely N-dealkylation sites (N-methyl/N-ethyl adjacent to an activating group) is 1. The second kappa shape index (κ2) is 8.04. The van der Waals surface area contributed by atoms with E-state index in [2.05, 4.69) is 30.6 Å². The Kier molecular flexibility index (Phi) is 7.01. The Morgan fingerprint density at radius 2 is 1.62 bits per heavy atom. The number of rotatable bonds is 7. The van der Waals surface area contributed by atoms with E-state index in [4.69, 9.17) is 4.74 Å². The lowest BCUT2D eigenvalue weighted by atomic mass is 10.1. The zero-order valence-corrected chi connectivity index (χ0v) is 11.2. The summed E-state index contributed by atoms with van der Waals surface area (Å²) in [6, 6.07) is 0. The van der Waals surface area contributed by atoms with Gasteiger partial charge in [-0.15, -0.1) is 0 Å². The first-order valence-electron chi connectivity index (χ1n) is 6.82. The van der Waals surface area contributed by atoms with Gasteiger partial charge in [-0.1, -0.05) is 13.8 Å². The van der Waals surface area contributed by atoms with Gasteiger partial charge in [-0.3, -0.25) is 0 Å². The highest BCUT2D eigenvalue weighted by Gasteiger charge is 2.18. The van der Waals surface area contributed by atoms with E-state index in [9.17, 15) is 0 Å². The fourth-order valence-electron chi connectivity index (χ4n) is 2.24. The van der Waals surface area contributed by atoms with Crippen molar-refractivity contribution in [3.8, 4) is 0 Å². The predicted molar refractivity (Wildman–Crippen MR) is 68.8 cm³/mol. The van der Waals surface area contributed by atoms with Crippen LogP contribution in [-0.4, -0.2) is 62.3 Å². The van der Waals surface area contributed by atoms with Crippen LogP contribution in [0.4, 0.5) is 0 Å². The number of piperazine rings is 1. The molecule has 1 rings (SSSR count). The van der Waals surface area contributed by atoms with Gasteiger partial charge in [0.05, 0.1) is 6.61 Å². The molecular formula is C13H28N2O. The van der Waals surface area contributed by atoms with Gasteiger partial charge in [0.1, 0.15) is 0 Å². The van der Waals surface area contributed by atoms with Crippen molar-refractivity contribution in [3.05, 3.63) is 0 Å². The number of ether oxygens (including phenoxy) is 1. The molecule has 0 saturated carbocycles. The molecule has 0 amide bonds. The quantitative estimate of drug-likeness (QED) is 0.659. The van der Waals surface area contributed by atoms with Gasteiger partial charge in [-0.25, -0.2) is 0 Å². The van der Waals surface area contributed by atoms with E-state index in [0.717, 1.165) is 13.2 Å². The molecule has 0 spiro atoms. The van der Waals surface area contributed by atoms with Crippen LogP contribution in [0.15, 0.2) is 0 Å². The summed E-state index contributed by atoms with van der Waals surface area (Å²) < 4.78 is 5.53. The van der Waals surface area contributed by atoms with Crippen molar-refractivity contribution < 1.29 is 4.74 Å². The molecule has 1 aliphatic rings. The summed E-state index contributed by atoms with van der Waals surface area (Å²) in [5, 5.41) is 0. The number of nitrogens with zero attached hydrogens (tertiary/aromatic N) is 2. The molecule has 3 heteroatoms. The van der Waals surface area contributed by atoms with Gasteiger partial charge in [0.25, 0.3) is 0 Å². The molecule has 1 aliphatic heterocycles. The Labute approximate surface area is 101 Å². The predicted octanol–water partition coefficient (Wildman–Crippen LogP) is 1.69. The fourth-order valence-corrected chi connectivity index (χ4v) is 2.24. The van der Waals surface area contributed by atoms with Crippen LogP contribution in [0.5, 0.6) is 0 Å². The molecule has 0 aliphatic carbocycles. The van der Waals surface area contributed by atoms with E-state index in [1.807, 2.05) is 0 Å². The van der Waals surface area contributed by atoms with Crippen LogP contribution in [0.2, 0.25) is 0 Å². The van der Waals surface area contributed by atoms with Crippen molar-refractivity contribution in [1.82, 2.24) is 9.80 Å². The largest absolute Gasteiger partial charge is 0.381 e. The van der Waals surface area contributed by atoms with E-state index in [1.165, 1.54) is 45.7 Å². The summed E-state index contributed by atoms with van der Waals surface area (Å²) in [4.78, 5) is 5.12. The summed E-state index contributed by atoms with van der Waals surface area (Å²) >= 11 is 0. The van der Waals surface area contributed by atoms with Crippen LogP contribution in [0, 0.1) is 5.92 Å². The molecule has 1 unspecified atom stereocenters. The van der Waals surface area contributed by atoms with E-state index in [1.54, 1.807) is 0 Å². The third-order valence-corrected chi connectivity index (χ3v) is 3.56. The molecule has 0 aromatic heterocycles. The maximum absolute atomic E-state index is 5.53.